The number of carboxylic acids is 1. The predicted octanol–water partition coefficient (Wildman–Crippen LogP) is 3.17. The minimum Gasteiger partial charge on any atom is -0.475 e. The average molecular weight is 497 g/mol. The van der Waals surface area contributed by atoms with Crippen molar-refractivity contribution in [3.63, 3.8) is 0 Å². The Morgan fingerprint density at radius 1 is 1.11 bits per heavy atom. The van der Waals surface area contributed by atoms with E-state index in [1.807, 2.05) is 16.7 Å². The zero-order valence-electron chi connectivity index (χ0n) is 19.0. The molecule has 0 unspecified atom stereocenters. The summed E-state index contributed by atoms with van der Waals surface area (Å²) in [5.41, 5.74) is 0.956. The molecule has 0 radical (unpaired) electrons. The zero-order valence-corrected chi connectivity index (χ0v) is 19.0. The summed E-state index contributed by atoms with van der Waals surface area (Å²) in [6.07, 6.45) is 1.12. The number of aromatic nitrogens is 3. The molecule has 1 aromatic heterocycles. The Morgan fingerprint density at radius 2 is 1.77 bits per heavy atom. The van der Waals surface area contributed by atoms with Gasteiger partial charge in [0.15, 0.2) is 0 Å². The molecular weight excluding hydrogens is 470 g/mol. The minimum absolute atomic E-state index is 0.0877. The van der Waals surface area contributed by atoms with E-state index in [-0.39, 0.29) is 17.1 Å². The molecule has 1 saturated heterocycles. The largest absolute Gasteiger partial charge is 0.490 e. The second-order valence-electron chi connectivity index (χ2n) is 9.44. The van der Waals surface area contributed by atoms with E-state index in [1.54, 1.807) is 6.07 Å². The van der Waals surface area contributed by atoms with Crippen LogP contribution in [-0.2, 0) is 24.3 Å². The molecule has 35 heavy (non-hydrogen) atoms. The topological polar surface area (TPSA) is 100 Å². The number of hydrogen-bond donors (Lipinski definition) is 2. The van der Waals surface area contributed by atoms with Crippen LogP contribution in [0.3, 0.4) is 0 Å². The Hall–Kier alpha value is -3.02. The van der Waals surface area contributed by atoms with E-state index in [9.17, 15) is 22.4 Å². The summed E-state index contributed by atoms with van der Waals surface area (Å²) in [5.74, 6) is -1.57. The molecule has 1 aromatic carbocycles. The number of halogens is 4. The van der Waals surface area contributed by atoms with E-state index in [0.29, 0.717) is 18.4 Å². The number of hydrogen-bond acceptors (Lipinski definition) is 5. The number of alkyl halides is 3. The summed E-state index contributed by atoms with van der Waals surface area (Å²) in [7, 11) is 0. The summed E-state index contributed by atoms with van der Waals surface area (Å²) >= 11 is 0. The Kier molecular flexibility index (Phi) is 7.11. The molecule has 1 spiro atoms. The average Bonchev–Trinajstić information content (AvgIpc) is 3.52. The number of nitrogens with one attached hydrogen (secondary N) is 1. The van der Waals surface area contributed by atoms with Crippen molar-refractivity contribution in [2.45, 2.75) is 63.8 Å². The van der Waals surface area contributed by atoms with Crippen LogP contribution in [0.4, 0.5) is 17.6 Å². The molecule has 2 aromatic rings. The van der Waals surface area contributed by atoms with Gasteiger partial charge in [-0.3, -0.25) is 9.69 Å². The van der Waals surface area contributed by atoms with Crippen LogP contribution in [0.5, 0.6) is 0 Å². The van der Waals surface area contributed by atoms with Crippen molar-refractivity contribution in [3.8, 4) is 0 Å². The number of likely N-dealkylation sites (tertiary alicyclic amines) is 1. The van der Waals surface area contributed by atoms with Gasteiger partial charge in [0.05, 0.1) is 0 Å². The van der Waals surface area contributed by atoms with Crippen LogP contribution in [0.25, 0.3) is 0 Å². The van der Waals surface area contributed by atoms with E-state index >= 15 is 0 Å². The summed E-state index contributed by atoms with van der Waals surface area (Å²) in [5, 5.41) is 18.6. The number of aryl methyl sites for hydroxylation is 1. The van der Waals surface area contributed by atoms with Crippen molar-refractivity contribution >= 4 is 11.9 Å². The number of benzene rings is 1. The molecule has 3 aliphatic rings. The molecule has 8 nitrogen and oxygen atoms in total. The maximum atomic E-state index is 14.0. The van der Waals surface area contributed by atoms with Gasteiger partial charge in [-0.2, -0.15) is 13.2 Å². The first-order valence-electron chi connectivity index (χ1n) is 11.6. The van der Waals surface area contributed by atoms with Gasteiger partial charge >= 0.3 is 12.1 Å². The first-order chi connectivity index (χ1) is 16.6. The van der Waals surface area contributed by atoms with Crippen LogP contribution in [0, 0.1) is 11.2 Å². The van der Waals surface area contributed by atoms with Crippen LogP contribution in [0.15, 0.2) is 24.3 Å². The lowest BCUT2D eigenvalue weighted by atomic mass is 9.73. The highest BCUT2D eigenvalue weighted by Crippen LogP contribution is 2.41. The second-order valence-corrected chi connectivity index (χ2v) is 9.44. The monoisotopic (exact) mass is 497 g/mol. The summed E-state index contributed by atoms with van der Waals surface area (Å²) in [6, 6.07) is 7.35. The Bertz CT molecular complexity index is 1080. The smallest absolute Gasteiger partial charge is 0.475 e. The van der Waals surface area contributed by atoms with Crippen molar-refractivity contribution < 1.29 is 32.3 Å². The molecule has 2 fully saturated rings. The first-order valence-corrected chi connectivity index (χ1v) is 11.6. The predicted molar refractivity (Wildman–Crippen MR) is 116 cm³/mol. The fourth-order valence-corrected chi connectivity index (χ4v) is 4.58. The van der Waals surface area contributed by atoms with Crippen molar-refractivity contribution in [3.05, 3.63) is 47.3 Å². The van der Waals surface area contributed by atoms with Gasteiger partial charge in [0, 0.05) is 31.1 Å². The van der Waals surface area contributed by atoms with Gasteiger partial charge in [-0.25, -0.2) is 9.18 Å². The maximum Gasteiger partial charge on any atom is 0.490 e. The number of amides is 1. The maximum absolute atomic E-state index is 14.0. The molecule has 12 heteroatoms. The quantitative estimate of drug-likeness (QED) is 0.630. The van der Waals surface area contributed by atoms with Crippen molar-refractivity contribution in [2.75, 3.05) is 13.1 Å². The van der Waals surface area contributed by atoms with Crippen LogP contribution < -0.4 is 5.32 Å². The van der Waals surface area contributed by atoms with Gasteiger partial charge in [0.1, 0.15) is 11.6 Å². The van der Waals surface area contributed by atoms with Crippen molar-refractivity contribution in [1.29, 1.82) is 0 Å². The number of fused-ring (bicyclic) bond motifs is 1. The van der Waals surface area contributed by atoms with E-state index in [2.05, 4.69) is 20.4 Å². The summed E-state index contributed by atoms with van der Waals surface area (Å²) in [6.45, 7) is 3.39. The molecule has 2 N–H and O–H groups in total. The molecule has 0 bridgehead atoms. The highest BCUT2D eigenvalue weighted by atomic mass is 19.4. The van der Waals surface area contributed by atoms with Gasteiger partial charge in [0.25, 0.3) is 5.91 Å². The number of aliphatic carboxylic acids is 1. The van der Waals surface area contributed by atoms with Crippen LogP contribution >= 0.6 is 0 Å². The third kappa shape index (κ3) is 6.16. The van der Waals surface area contributed by atoms with Gasteiger partial charge in [-0.05, 0) is 56.7 Å². The zero-order chi connectivity index (χ0) is 25.2. The van der Waals surface area contributed by atoms with E-state index < -0.39 is 12.1 Å². The van der Waals surface area contributed by atoms with E-state index in [4.69, 9.17) is 9.90 Å². The van der Waals surface area contributed by atoms with E-state index in [1.165, 1.54) is 6.07 Å². The minimum atomic E-state index is -5.08. The first kappa shape index (κ1) is 25.1. The number of piperidine rings is 1. The fraction of sp³-hybridized carbons (Fsp3) is 0.565. The lowest BCUT2D eigenvalue weighted by molar-refractivity contribution is -0.192. The van der Waals surface area contributed by atoms with Crippen LogP contribution in [-0.4, -0.2) is 62.0 Å². The van der Waals surface area contributed by atoms with Crippen LogP contribution in [0.2, 0.25) is 0 Å². The third-order valence-corrected chi connectivity index (χ3v) is 6.83. The van der Waals surface area contributed by atoms with Crippen LogP contribution in [0.1, 0.15) is 54.1 Å². The molecule has 1 amide bonds. The summed E-state index contributed by atoms with van der Waals surface area (Å²) < 4.78 is 47.7. The molecule has 5 rings (SSSR count). The molecule has 3 heterocycles. The molecule has 1 saturated carbocycles. The molecule has 190 valence electrons. The molecule has 2 aliphatic heterocycles. The molecule has 0 atom stereocenters. The van der Waals surface area contributed by atoms with Gasteiger partial charge in [-0.1, -0.05) is 18.2 Å². The Balaban J connectivity index is 0.000000364. The second kappa shape index (κ2) is 9.92. The summed E-state index contributed by atoms with van der Waals surface area (Å²) in [4.78, 5) is 23.7. The van der Waals surface area contributed by atoms with E-state index in [0.717, 1.165) is 69.5 Å². The SMILES string of the molecule is O=C(NC1CC1)c1nnc2n1CC1(CC2)CCN(Cc2ccccc2F)CC1.O=C(O)C(F)(F)F. The number of rotatable bonds is 4. The van der Waals surface area contributed by atoms with Crippen molar-refractivity contribution in [1.82, 2.24) is 25.0 Å². The normalized spacial score (nSPS) is 19.4. The van der Waals surface area contributed by atoms with Crippen molar-refractivity contribution in [2.24, 2.45) is 5.41 Å². The van der Waals surface area contributed by atoms with Gasteiger partial charge in [-0.15, -0.1) is 10.2 Å². The third-order valence-electron chi connectivity index (χ3n) is 6.83. The highest BCUT2D eigenvalue weighted by Gasteiger charge is 2.40. The fourth-order valence-electron chi connectivity index (χ4n) is 4.58. The highest BCUT2D eigenvalue weighted by molar-refractivity contribution is 5.91. The Morgan fingerprint density at radius 3 is 2.37 bits per heavy atom. The number of carboxylic acid groups (broad SMARTS) is 1. The van der Waals surface area contributed by atoms with Gasteiger partial charge in [0.2, 0.25) is 5.82 Å². The lowest BCUT2D eigenvalue weighted by Crippen LogP contribution is -2.45. The molecular formula is C23H27F4N5O3. The number of nitrogens with zero attached hydrogens (tertiary/aromatic N) is 4. The number of carbonyl (C=O) groups excluding carboxylic acids is 1. The number of carbonyl (C=O) groups is 2. The lowest BCUT2D eigenvalue weighted by Gasteiger charge is -2.44. The van der Waals surface area contributed by atoms with Gasteiger partial charge < -0.3 is 15.0 Å². The Labute approximate surface area is 199 Å². The standard InChI is InChI=1S/C21H26FN5O.C2HF3O2/c22-17-4-2-1-3-15(17)13-26-11-9-21(10-12-26)8-7-18-24-25-19(27(18)14-21)20(28)23-16-5-6-16;3-2(4,5)1(6)7/h1-4,16H,5-14H2,(H,23,28);(H,6,7). The molecule has 1 aliphatic carbocycles.